The first-order chi connectivity index (χ1) is 11.2. The number of aryl methyl sites for hydroxylation is 1. The van der Waals surface area contributed by atoms with E-state index in [4.69, 9.17) is 4.74 Å². The number of nitrogens with one attached hydrogen (secondary N) is 1. The van der Waals surface area contributed by atoms with E-state index in [-0.39, 0.29) is 5.91 Å². The number of rotatable bonds is 6. The number of carbonyl (C=O) groups excluding carboxylic acids is 1. The Hall–Kier alpha value is -2.37. The molecule has 6 heteroatoms. The lowest BCUT2D eigenvalue weighted by Crippen LogP contribution is -2.28. The van der Waals surface area contributed by atoms with Crippen molar-refractivity contribution in [2.45, 2.75) is 38.6 Å². The van der Waals surface area contributed by atoms with E-state index in [9.17, 15) is 4.79 Å². The molecule has 3 rings (SSSR count). The molecule has 1 aliphatic rings. The van der Waals surface area contributed by atoms with Crippen LogP contribution in [0.1, 0.15) is 47.1 Å². The monoisotopic (exact) mass is 314 g/mol. The molecule has 122 valence electrons. The molecule has 0 atom stereocenters. The third-order valence-electron chi connectivity index (χ3n) is 4.38. The van der Waals surface area contributed by atoms with Crippen LogP contribution in [0.5, 0.6) is 5.88 Å². The standard InChI is InChI=1S/C17H22N4O2/c1-12-10-20-16(13-4-3-5-13)21(12)9-8-18-17(22)14-6-7-15(23-2)19-11-14/h6-7,10-11,13H,3-5,8-9H2,1-2H3,(H,18,22). The van der Waals surface area contributed by atoms with Crippen molar-refractivity contribution >= 4 is 5.91 Å². The molecule has 2 heterocycles. The third kappa shape index (κ3) is 3.36. The first-order valence-electron chi connectivity index (χ1n) is 7.99. The topological polar surface area (TPSA) is 69.0 Å². The van der Waals surface area contributed by atoms with Crippen molar-refractivity contribution in [1.82, 2.24) is 19.9 Å². The molecule has 0 saturated heterocycles. The Balaban J connectivity index is 1.56. The molecule has 1 fully saturated rings. The van der Waals surface area contributed by atoms with Crippen molar-refractivity contribution in [1.29, 1.82) is 0 Å². The fourth-order valence-corrected chi connectivity index (χ4v) is 2.78. The van der Waals surface area contributed by atoms with Gasteiger partial charge in [-0.25, -0.2) is 9.97 Å². The highest BCUT2D eigenvalue weighted by molar-refractivity contribution is 5.93. The molecule has 0 bridgehead atoms. The van der Waals surface area contributed by atoms with Crippen molar-refractivity contribution in [3.8, 4) is 5.88 Å². The number of amides is 1. The van der Waals surface area contributed by atoms with Crippen molar-refractivity contribution in [3.63, 3.8) is 0 Å². The Morgan fingerprint density at radius 3 is 2.78 bits per heavy atom. The van der Waals surface area contributed by atoms with Crippen LogP contribution in [-0.2, 0) is 6.54 Å². The Bertz CT molecular complexity index is 674. The second kappa shape index (κ2) is 6.81. The van der Waals surface area contributed by atoms with Gasteiger partial charge in [0, 0.05) is 43.2 Å². The summed E-state index contributed by atoms with van der Waals surface area (Å²) in [6.07, 6.45) is 7.18. The van der Waals surface area contributed by atoms with Crippen LogP contribution in [-0.4, -0.2) is 34.1 Å². The van der Waals surface area contributed by atoms with Gasteiger partial charge in [0.2, 0.25) is 5.88 Å². The second-order valence-electron chi connectivity index (χ2n) is 5.88. The molecule has 1 amide bonds. The van der Waals surface area contributed by atoms with Crippen LogP contribution in [0.2, 0.25) is 0 Å². The lowest BCUT2D eigenvalue weighted by atomic mass is 9.85. The van der Waals surface area contributed by atoms with Crippen LogP contribution < -0.4 is 10.1 Å². The van der Waals surface area contributed by atoms with Gasteiger partial charge in [0.15, 0.2) is 0 Å². The van der Waals surface area contributed by atoms with E-state index in [1.807, 2.05) is 6.20 Å². The maximum atomic E-state index is 12.1. The minimum Gasteiger partial charge on any atom is -0.481 e. The van der Waals surface area contributed by atoms with Gasteiger partial charge in [-0.3, -0.25) is 4.79 Å². The van der Waals surface area contributed by atoms with E-state index in [2.05, 4.69) is 26.8 Å². The van der Waals surface area contributed by atoms with E-state index in [0.717, 1.165) is 18.1 Å². The van der Waals surface area contributed by atoms with E-state index >= 15 is 0 Å². The normalized spacial score (nSPS) is 14.3. The number of hydrogen-bond acceptors (Lipinski definition) is 4. The molecular weight excluding hydrogens is 292 g/mol. The van der Waals surface area contributed by atoms with Gasteiger partial charge >= 0.3 is 0 Å². The van der Waals surface area contributed by atoms with E-state index in [1.54, 1.807) is 19.2 Å². The van der Waals surface area contributed by atoms with E-state index in [1.165, 1.54) is 25.5 Å². The fraction of sp³-hybridized carbons (Fsp3) is 0.471. The summed E-state index contributed by atoms with van der Waals surface area (Å²) >= 11 is 0. The average Bonchev–Trinajstić information content (AvgIpc) is 2.87. The fourth-order valence-electron chi connectivity index (χ4n) is 2.78. The first-order valence-corrected chi connectivity index (χ1v) is 7.99. The predicted molar refractivity (Wildman–Crippen MR) is 86.7 cm³/mol. The Morgan fingerprint density at radius 1 is 1.35 bits per heavy atom. The van der Waals surface area contributed by atoms with Crippen LogP contribution in [0.3, 0.4) is 0 Å². The minimum absolute atomic E-state index is 0.122. The molecule has 23 heavy (non-hydrogen) atoms. The summed E-state index contributed by atoms with van der Waals surface area (Å²) in [5.74, 6) is 2.13. The number of imidazole rings is 1. The molecule has 0 aromatic carbocycles. The SMILES string of the molecule is COc1ccc(C(=O)NCCn2c(C)cnc2C2CCC2)cn1. The molecule has 0 aliphatic heterocycles. The van der Waals surface area contributed by atoms with Gasteiger partial charge in [-0.15, -0.1) is 0 Å². The van der Waals surface area contributed by atoms with Crippen molar-refractivity contribution in [2.75, 3.05) is 13.7 Å². The third-order valence-corrected chi connectivity index (χ3v) is 4.38. The average molecular weight is 314 g/mol. The van der Waals surface area contributed by atoms with Crippen LogP contribution in [0.25, 0.3) is 0 Å². The molecule has 1 N–H and O–H groups in total. The van der Waals surface area contributed by atoms with E-state index in [0.29, 0.717) is 23.9 Å². The van der Waals surface area contributed by atoms with Crippen LogP contribution in [0, 0.1) is 6.92 Å². The first kappa shape index (κ1) is 15.5. The number of pyridine rings is 1. The summed E-state index contributed by atoms with van der Waals surface area (Å²) in [6.45, 7) is 3.37. The van der Waals surface area contributed by atoms with Crippen molar-refractivity contribution in [3.05, 3.63) is 41.6 Å². The molecular formula is C17H22N4O2. The molecule has 1 aliphatic carbocycles. The van der Waals surface area contributed by atoms with Crippen molar-refractivity contribution in [2.24, 2.45) is 0 Å². The summed E-state index contributed by atoms with van der Waals surface area (Å²) in [6, 6.07) is 3.40. The van der Waals surface area contributed by atoms with Gasteiger partial charge in [0.25, 0.3) is 5.91 Å². The van der Waals surface area contributed by atoms with Gasteiger partial charge < -0.3 is 14.6 Å². The highest BCUT2D eigenvalue weighted by Gasteiger charge is 2.24. The van der Waals surface area contributed by atoms with Gasteiger partial charge in [0.05, 0.1) is 12.7 Å². The van der Waals surface area contributed by atoms with E-state index < -0.39 is 0 Å². The van der Waals surface area contributed by atoms with Crippen molar-refractivity contribution < 1.29 is 9.53 Å². The quantitative estimate of drug-likeness (QED) is 0.888. The van der Waals surface area contributed by atoms with Crippen LogP contribution in [0.15, 0.2) is 24.5 Å². The zero-order valence-electron chi connectivity index (χ0n) is 13.6. The second-order valence-corrected chi connectivity index (χ2v) is 5.88. The highest BCUT2D eigenvalue weighted by Crippen LogP contribution is 2.35. The molecule has 0 spiro atoms. The summed E-state index contributed by atoms with van der Waals surface area (Å²) in [5.41, 5.74) is 1.68. The van der Waals surface area contributed by atoms with Crippen LogP contribution >= 0.6 is 0 Å². The molecule has 1 saturated carbocycles. The Labute approximate surface area is 135 Å². The zero-order valence-corrected chi connectivity index (χ0v) is 13.6. The largest absolute Gasteiger partial charge is 0.481 e. The summed E-state index contributed by atoms with van der Waals surface area (Å²) in [7, 11) is 1.55. The molecule has 6 nitrogen and oxygen atoms in total. The number of nitrogens with zero attached hydrogens (tertiary/aromatic N) is 3. The molecule has 0 radical (unpaired) electrons. The van der Waals surface area contributed by atoms with Gasteiger partial charge in [-0.05, 0) is 25.8 Å². The number of ether oxygens (including phenoxy) is 1. The molecule has 0 unspecified atom stereocenters. The lowest BCUT2D eigenvalue weighted by Gasteiger charge is -2.26. The number of hydrogen-bond donors (Lipinski definition) is 1. The predicted octanol–water partition coefficient (Wildman–Crippen LogP) is 2.29. The maximum absolute atomic E-state index is 12.1. The number of carbonyl (C=O) groups is 1. The zero-order chi connectivity index (χ0) is 16.2. The maximum Gasteiger partial charge on any atom is 0.252 e. The summed E-state index contributed by atoms with van der Waals surface area (Å²) in [4.78, 5) is 20.7. The summed E-state index contributed by atoms with van der Waals surface area (Å²) in [5, 5.41) is 2.94. The Morgan fingerprint density at radius 2 is 2.17 bits per heavy atom. The smallest absolute Gasteiger partial charge is 0.252 e. The van der Waals surface area contributed by atoms with Gasteiger partial charge in [0.1, 0.15) is 5.82 Å². The van der Waals surface area contributed by atoms with Crippen LogP contribution in [0.4, 0.5) is 0 Å². The highest BCUT2D eigenvalue weighted by atomic mass is 16.5. The lowest BCUT2D eigenvalue weighted by molar-refractivity contribution is 0.0951. The number of aromatic nitrogens is 3. The molecule has 2 aromatic rings. The Kier molecular flexibility index (Phi) is 4.60. The minimum atomic E-state index is -0.122. The van der Waals surface area contributed by atoms with Gasteiger partial charge in [-0.2, -0.15) is 0 Å². The number of methoxy groups -OCH3 is 1. The van der Waals surface area contributed by atoms with Gasteiger partial charge in [-0.1, -0.05) is 6.42 Å². The summed E-state index contributed by atoms with van der Waals surface area (Å²) < 4.78 is 7.21. The molecule has 2 aromatic heterocycles.